The summed E-state index contributed by atoms with van der Waals surface area (Å²) in [6.45, 7) is 3.23. The Bertz CT molecular complexity index is 1360. The molecule has 35 heavy (non-hydrogen) atoms. The number of amides is 1. The van der Waals surface area contributed by atoms with Gasteiger partial charge in [-0.05, 0) is 68.0 Å². The summed E-state index contributed by atoms with van der Waals surface area (Å²) in [6.07, 6.45) is -8.01. The van der Waals surface area contributed by atoms with Gasteiger partial charge >= 0.3 is 12.4 Å². The van der Waals surface area contributed by atoms with Crippen molar-refractivity contribution in [2.75, 3.05) is 5.32 Å². The molecule has 2 aromatic carbocycles. The number of nitrogens with one attached hydrogen (secondary N) is 1. The number of halogens is 7. The monoisotopic (exact) mass is 511 g/mol. The van der Waals surface area contributed by atoms with Gasteiger partial charge in [-0.2, -0.15) is 31.6 Å². The SMILES string of the molecule is Cc1cc(/C=C(\C#N)C(=O)Nc2cc(C(F)(F)F)ccc2Cl)c(C)n1-c1cccc(C(F)(F)F)c1. The molecule has 0 aliphatic rings. The van der Waals surface area contributed by atoms with Gasteiger partial charge in [-0.3, -0.25) is 4.79 Å². The number of carbonyl (C=O) groups excluding carboxylic acids is 1. The number of hydrogen-bond acceptors (Lipinski definition) is 2. The summed E-state index contributed by atoms with van der Waals surface area (Å²) in [6, 6.07) is 10.3. The molecule has 1 aromatic heterocycles. The van der Waals surface area contributed by atoms with Crippen molar-refractivity contribution in [1.82, 2.24) is 4.57 Å². The molecule has 1 heterocycles. The standard InChI is InChI=1S/C24H16ClF6N3O/c1-13-8-15(14(2)34(13)19-5-3-4-17(10-19)23(26,27)28)9-16(12-32)22(35)33-21-11-18(24(29,30)31)6-7-20(21)25/h3-11H,1-2H3,(H,33,35)/b16-9+. The normalized spacial score (nSPS) is 12.4. The van der Waals surface area contributed by atoms with E-state index in [0.29, 0.717) is 23.0 Å². The highest BCUT2D eigenvalue weighted by atomic mass is 35.5. The van der Waals surface area contributed by atoms with Gasteiger partial charge < -0.3 is 9.88 Å². The van der Waals surface area contributed by atoms with Crippen molar-refractivity contribution < 1.29 is 31.1 Å². The molecule has 0 spiro atoms. The summed E-state index contributed by atoms with van der Waals surface area (Å²) in [7, 11) is 0. The fourth-order valence-electron chi connectivity index (χ4n) is 3.44. The summed E-state index contributed by atoms with van der Waals surface area (Å²) in [5, 5.41) is 11.5. The Morgan fingerprint density at radius 2 is 1.63 bits per heavy atom. The zero-order valence-corrected chi connectivity index (χ0v) is 18.9. The van der Waals surface area contributed by atoms with E-state index >= 15 is 0 Å². The zero-order valence-electron chi connectivity index (χ0n) is 18.1. The minimum absolute atomic E-state index is 0.161. The molecular weight excluding hydrogens is 496 g/mol. The molecule has 4 nitrogen and oxygen atoms in total. The number of aryl methyl sites for hydroxylation is 1. The van der Waals surface area contributed by atoms with E-state index in [-0.39, 0.29) is 16.4 Å². The highest BCUT2D eigenvalue weighted by Crippen LogP contribution is 2.34. The average Bonchev–Trinajstić information content (AvgIpc) is 3.04. The quantitative estimate of drug-likeness (QED) is 0.226. The summed E-state index contributed by atoms with van der Waals surface area (Å²) in [5.74, 6) is -1.00. The van der Waals surface area contributed by atoms with E-state index in [1.165, 1.54) is 22.8 Å². The Balaban J connectivity index is 1.96. The first-order valence-electron chi connectivity index (χ1n) is 9.89. The number of alkyl halides is 6. The van der Waals surface area contributed by atoms with Crippen LogP contribution in [-0.2, 0) is 17.1 Å². The molecule has 0 aliphatic heterocycles. The first-order chi connectivity index (χ1) is 16.2. The van der Waals surface area contributed by atoms with E-state index in [1.807, 2.05) is 0 Å². The van der Waals surface area contributed by atoms with Gasteiger partial charge in [-0.25, -0.2) is 0 Å². The van der Waals surface area contributed by atoms with Crippen LogP contribution >= 0.6 is 11.6 Å². The molecule has 11 heteroatoms. The Kier molecular flexibility index (Phi) is 7.03. The van der Waals surface area contributed by atoms with Crippen molar-refractivity contribution in [2.24, 2.45) is 0 Å². The highest BCUT2D eigenvalue weighted by Gasteiger charge is 2.32. The third-order valence-electron chi connectivity index (χ3n) is 5.11. The molecule has 3 aromatic rings. The molecule has 0 aliphatic carbocycles. The van der Waals surface area contributed by atoms with Crippen LogP contribution in [0.2, 0.25) is 5.02 Å². The number of benzene rings is 2. The molecule has 0 saturated carbocycles. The van der Waals surface area contributed by atoms with Crippen LogP contribution in [0.25, 0.3) is 11.8 Å². The first-order valence-corrected chi connectivity index (χ1v) is 10.3. The maximum absolute atomic E-state index is 13.1. The van der Waals surface area contributed by atoms with Gasteiger partial charge in [-0.1, -0.05) is 17.7 Å². The van der Waals surface area contributed by atoms with Crippen LogP contribution in [0.15, 0.2) is 54.1 Å². The van der Waals surface area contributed by atoms with Gasteiger partial charge in [0, 0.05) is 17.1 Å². The van der Waals surface area contributed by atoms with Crippen LogP contribution in [0.3, 0.4) is 0 Å². The maximum Gasteiger partial charge on any atom is 0.416 e. The molecule has 1 N–H and O–H groups in total. The number of rotatable bonds is 4. The summed E-state index contributed by atoms with van der Waals surface area (Å²) >= 11 is 5.89. The van der Waals surface area contributed by atoms with Crippen LogP contribution in [0, 0.1) is 25.2 Å². The lowest BCUT2D eigenvalue weighted by atomic mass is 10.1. The zero-order chi connectivity index (χ0) is 26.1. The third kappa shape index (κ3) is 5.69. The maximum atomic E-state index is 13.1. The number of nitrogens with zero attached hydrogens (tertiary/aromatic N) is 2. The lowest BCUT2D eigenvalue weighted by Crippen LogP contribution is -2.15. The number of anilines is 1. The van der Waals surface area contributed by atoms with E-state index in [1.54, 1.807) is 26.0 Å². The number of carbonyl (C=O) groups is 1. The van der Waals surface area contributed by atoms with Crippen molar-refractivity contribution >= 4 is 29.3 Å². The third-order valence-corrected chi connectivity index (χ3v) is 5.44. The van der Waals surface area contributed by atoms with Crippen molar-refractivity contribution in [1.29, 1.82) is 5.26 Å². The average molecular weight is 512 g/mol. The fraction of sp³-hybridized carbons (Fsp3) is 0.167. The Morgan fingerprint density at radius 3 is 2.23 bits per heavy atom. The minimum atomic E-state index is -4.67. The second kappa shape index (κ2) is 9.50. The predicted octanol–water partition coefficient (Wildman–Crippen LogP) is 7.33. The molecule has 0 radical (unpaired) electrons. The minimum Gasteiger partial charge on any atom is -0.320 e. The molecule has 0 fully saturated rings. The van der Waals surface area contributed by atoms with Crippen LogP contribution in [0.5, 0.6) is 0 Å². The van der Waals surface area contributed by atoms with Crippen molar-refractivity contribution in [3.8, 4) is 11.8 Å². The van der Waals surface area contributed by atoms with Gasteiger partial charge in [0.25, 0.3) is 5.91 Å². The number of nitriles is 1. The van der Waals surface area contributed by atoms with E-state index in [2.05, 4.69) is 5.32 Å². The lowest BCUT2D eigenvalue weighted by Gasteiger charge is -2.13. The molecule has 0 unspecified atom stereocenters. The molecular formula is C24H16ClF6N3O. The number of aromatic nitrogens is 1. The van der Waals surface area contributed by atoms with Crippen molar-refractivity contribution in [3.63, 3.8) is 0 Å². The largest absolute Gasteiger partial charge is 0.416 e. The van der Waals surface area contributed by atoms with Gasteiger partial charge in [0.15, 0.2) is 0 Å². The van der Waals surface area contributed by atoms with Crippen LogP contribution in [0.1, 0.15) is 28.1 Å². The Morgan fingerprint density at radius 1 is 1.00 bits per heavy atom. The summed E-state index contributed by atoms with van der Waals surface area (Å²) < 4.78 is 79.8. The predicted molar refractivity (Wildman–Crippen MR) is 119 cm³/mol. The molecule has 0 atom stereocenters. The van der Waals surface area contributed by atoms with Gasteiger partial charge in [0.05, 0.1) is 21.8 Å². The molecule has 3 rings (SSSR count). The van der Waals surface area contributed by atoms with Crippen LogP contribution in [-0.4, -0.2) is 10.5 Å². The van der Waals surface area contributed by atoms with Gasteiger partial charge in [0.1, 0.15) is 11.6 Å². The van der Waals surface area contributed by atoms with Crippen LogP contribution in [0.4, 0.5) is 32.0 Å². The summed E-state index contributed by atoms with van der Waals surface area (Å²) in [5.41, 5.74) is -1.08. The number of hydrogen-bond donors (Lipinski definition) is 1. The smallest absolute Gasteiger partial charge is 0.320 e. The highest BCUT2D eigenvalue weighted by molar-refractivity contribution is 6.34. The Hall–Kier alpha value is -3.71. The summed E-state index contributed by atoms with van der Waals surface area (Å²) in [4.78, 5) is 12.6. The van der Waals surface area contributed by atoms with E-state index in [0.717, 1.165) is 24.3 Å². The topological polar surface area (TPSA) is 57.8 Å². The Labute approximate surface area is 201 Å². The lowest BCUT2D eigenvalue weighted by molar-refractivity contribution is -0.138. The van der Waals surface area contributed by atoms with E-state index < -0.39 is 35.0 Å². The van der Waals surface area contributed by atoms with Crippen molar-refractivity contribution in [3.05, 3.63) is 87.2 Å². The van der Waals surface area contributed by atoms with Gasteiger partial charge in [-0.15, -0.1) is 0 Å². The van der Waals surface area contributed by atoms with Crippen molar-refractivity contribution in [2.45, 2.75) is 26.2 Å². The second-order valence-electron chi connectivity index (χ2n) is 7.53. The molecule has 0 bridgehead atoms. The van der Waals surface area contributed by atoms with E-state index in [9.17, 15) is 36.4 Å². The van der Waals surface area contributed by atoms with E-state index in [4.69, 9.17) is 11.6 Å². The molecule has 0 saturated heterocycles. The second-order valence-corrected chi connectivity index (χ2v) is 7.93. The molecule has 1 amide bonds. The fourth-order valence-corrected chi connectivity index (χ4v) is 3.61. The van der Waals surface area contributed by atoms with Gasteiger partial charge in [0.2, 0.25) is 0 Å². The van der Waals surface area contributed by atoms with Crippen LogP contribution < -0.4 is 5.32 Å². The first kappa shape index (κ1) is 25.9. The molecule has 182 valence electrons.